The van der Waals surface area contributed by atoms with Crippen molar-refractivity contribution >= 4 is 12.0 Å². The molecule has 4 nitrogen and oxygen atoms in total. The van der Waals surface area contributed by atoms with Crippen molar-refractivity contribution in [2.45, 2.75) is 52.0 Å². The molecule has 0 radical (unpaired) electrons. The Bertz CT molecular complexity index is 778. The molecule has 0 saturated heterocycles. The highest BCUT2D eigenvalue weighted by atomic mass is 19.1. The molecular weight excluding hydrogens is 345 g/mol. The molecule has 1 aliphatic rings. The summed E-state index contributed by atoms with van der Waals surface area (Å²) in [6.45, 7) is 4.34. The highest BCUT2D eigenvalue weighted by Crippen LogP contribution is 2.28. The molecule has 1 aliphatic carbocycles. The number of rotatable bonds is 5. The molecule has 0 bridgehead atoms. The second kappa shape index (κ2) is 9.40. The van der Waals surface area contributed by atoms with Crippen molar-refractivity contribution in [3.05, 3.63) is 69.9 Å². The Labute approximate surface area is 159 Å². The fraction of sp³-hybridized carbons (Fsp3) is 0.409. The summed E-state index contributed by atoms with van der Waals surface area (Å²) in [5.74, 6) is -1.83. The van der Waals surface area contributed by atoms with Gasteiger partial charge in [-0.15, -0.1) is 4.91 Å². The van der Waals surface area contributed by atoms with Crippen molar-refractivity contribution < 1.29 is 14.3 Å². The summed E-state index contributed by atoms with van der Waals surface area (Å²) in [5.41, 5.74) is 0.957. The van der Waals surface area contributed by atoms with Crippen LogP contribution in [0.4, 0.5) is 4.39 Å². The Morgan fingerprint density at radius 1 is 1.30 bits per heavy atom. The number of hydrogen-bond donors (Lipinski definition) is 1. The minimum Gasteiger partial charge on any atom is -0.478 e. The standard InChI is InChI=1S/C22H26FNO3/c1-22(2)13-6-4-3-5-7-17(12-14-22)20(24-27)11-10-16-8-9-18(21(25)26)15-19(16)23/h7-12,14-15,20H,3-6,13H2,1-2H3,(H,25,26). The predicted octanol–water partition coefficient (Wildman–Crippen LogP) is 6.15. The molecule has 0 heterocycles. The zero-order valence-electron chi connectivity index (χ0n) is 15.8. The minimum absolute atomic E-state index is 0.0480. The maximum Gasteiger partial charge on any atom is 0.335 e. The number of nitroso groups, excluding NO2 is 1. The molecule has 1 atom stereocenters. The van der Waals surface area contributed by atoms with E-state index in [2.05, 4.69) is 25.1 Å². The van der Waals surface area contributed by atoms with Crippen molar-refractivity contribution in [3.63, 3.8) is 0 Å². The largest absolute Gasteiger partial charge is 0.478 e. The number of carbonyl (C=O) groups is 1. The number of aromatic carboxylic acids is 1. The van der Waals surface area contributed by atoms with Gasteiger partial charge in [0.05, 0.1) is 5.56 Å². The van der Waals surface area contributed by atoms with E-state index in [1.54, 1.807) is 6.08 Å². The molecule has 1 N–H and O–H groups in total. The van der Waals surface area contributed by atoms with Crippen molar-refractivity contribution in [1.29, 1.82) is 0 Å². The van der Waals surface area contributed by atoms with E-state index in [0.717, 1.165) is 37.3 Å². The van der Waals surface area contributed by atoms with Gasteiger partial charge in [-0.3, -0.25) is 0 Å². The van der Waals surface area contributed by atoms with Gasteiger partial charge in [0.25, 0.3) is 0 Å². The topological polar surface area (TPSA) is 66.7 Å². The van der Waals surface area contributed by atoms with Crippen LogP contribution >= 0.6 is 0 Å². The molecule has 0 aliphatic heterocycles. The van der Waals surface area contributed by atoms with Gasteiger partial charge in [-0.1, -0.05) is 68.3 Å². The summed E-state index contributed by atoms with van der Waals surface area (Å²) >= 11 is 0. The lowest BCUT2D eigenvalue weighted by Gasteiger charge is -2.21. The Hall–Kier alpha value is -2.56. The lowest BCUT2D eigenvalue weighted by atomic mass is 9.84. The molecule has 0 aromatic heterocycles. The fourth-order valence-electron chi connectivity index (χ4n) is 3.06. The number of carboxylic acid groups (broad SMARTS) is 1. The van der Waals surface area contributed by atoms with E-state index in [4.69, 9.17) is 5.11 Å². The first kappa shape index (κ1) is 20.7. The van der Waals surface area contributed by atoms with Crippen LogP contribution in [-0.4, -0.2) is 17.1 Å². The molecule has 1 unspecified atom stereocenters. The highest BCUT2D eigenvalue weighted by Gasteiger charge is 2.16. The Morgan fingerprint density at radius 2 is 2.07 bits per heavy atom. The van der Waals surface area contributed by atoms with Gasteiger partial charge in [0.15, 0.2) is 0 Å². The third-order valence-corrected chi connectivity index (χ3v) is 4.79. The molecule has 27 heavy (non-hydrogen) atoms. The molecule has 2 rings (SSSR count). The van der Waals surface area contributed by atoms with Gasteiger partial charge in [-0.05, 0) is 42.4 Å². The van der Waals surface area contributed by atoms with Crippen LogP contribution in [0.1, 0.15) is 61.9 Å². The first-order valence-electron chi connectivity index (χ1n) is 9.25. The third-order valence-electron chi connectivity index (χ3n) is 4.79. The van der Waals surface area contributed by atoms with Crippen LogP contribution in [0.15, 0.2) is 53.3 Å². The number of nitrogens with zero attached hydrogens (tertiary/aromatic N) is 1. The molecular formula is C22H26FNO3. The van der Waals surface area contributed by atoms with Crippen LogP contribution in [0.3, 0.4) is 0 Å². The Balaban J connectivity index is 2.25. The summed E-state index contributed by atoms with van der Waals surface area (Å²) in [7, 11) is 0. The summed E-state index contributed by atoms with van der Waals surface area (Å²) in [5, 5.41) is 12.1. The normalized spacial score (nSPS) is 18.7. The van der Waals surface area contributed by atoms with Crippen LogP contribution < -0.4 is 0 Å². The van der Waals surface area contributed by atoms with E-state index in [9.17, 15) is 14.1 Å². The number of allylic oxidation sites excluding steroid dienone is 2. The lowest BCUT2D eigenvalue weighted by molar-refractivity contribution is 0.0696. The molecule has 144 valence electrons. The minimum atomic E-state index is -1.18. The van der Waals surface area contributed by atoms with Crippen LogP contribution in [-0.2, 0) is 0 Å². The van der Waals surface area contributed by atoms with E-state index in [1.807, 2.05) is 12.2 Å². The van der Waals surface area contributed by atoms with Gasteiger partial charge in [0, 0.05) is 5.56 Å². The molecule has 0 fully saturated rings. The predicted molar refractivity (Wildman–Crippen MR) is 106 cm³/mol. The molecule has 1 aromatic rings. The monoisotopic (exact) mass is 371 g/mol. The second-order valence-corrected chi connectivity index (χ2v) is 7.58. The zero-order chi connectivity index (χ0) is 19.9. The molecule has 0 saturated carbocycles. The average molecular weight is 371 g/mol. The van der Waals surface area contributed by atoms with Gasteiger partial charge in [0.1, 0.15) is 11.9 Å². The van der Waals surface area contributed by atoms with Crippen molar-refractivity contribution in [1.82, 2.24) is 0 Å². The summed E-state index contributed by atoms with van der Waals surface area (Å²) in [6, 6.07) is 2.98. The first-order valence-corrected chi connectivity index (χ1v) is 9.25. The number of hydrogen-bond acceptors (Lipinski definition) is 3. The van der Waals surface area contributed by atoms with E-state index in [0.29, 0.717) is 0 Å². The van der Waals surface area contributed by atoms with Crippen LogP contribution in [0.5, 0.6) is 0 Å². The van der Waals surface area contributed by atoms with E-state index < -0.39 is 17.8 Å². The molecule has 5 heteroatoms. The average Bonchev–Trinajstić information content (AvgIpc) is 2.62. The Morgan fingerprint density at radius 3 is 2.74 bits per heavy atom. The number of halogens is 1. The van der Waals surface area contributed by atoms with Gasteiger partial charge < -0.3 is 5.11 Å². The summed E-state index contributed by atoms with van der Waals surface area (Å²) in [6.07, 6.45) is 14.5. The fourth-order valence-corrected chi connectivity index (χ4v) is 3.06. The maximum absolute atomic E-state index is 14.1. The molecule has 0 spiro atoms. The Kier molecular flexibility index (Phi) is 7.22. The van der Waals surface area contributed by atoms with Gasteiger partial charge in [0.2, 0.25) is 0 Å². The molecule has 0 amide bonds. The van der Waals surface area contributed by atoms with Crippen LogP contribution in [0, 0.1) is 16.1 Å². The summed E-state index contributed by atoms with van der Waals surface area (Å²) in [4.78, 5) is 22.3. The summed E-state index contributed by atoms with van der Waals surface area (Å²) < 4.78 is 14.1. The second-order valence-electron chi connectivity index (χ2n) is 7.58. The molecule has 1 aromatic carbocycles. The van der Waals surface area contributed by atoms with E-state index >= 15 is 0 Å². The van der Waals surface area contributed by atoms with E-state index in [1.165, 1.54) is 24.6 Å². The first-order chi connectivity index (χ1) is 12.8. The lowest BCUT2D eigenvalue weighted by Crippen LogP contribution is -2.10. The van der Waals surface area contributed by atoms with Crippen LogP contribution in [0.2, 0.25) is 0 Å². The van der Waals surface area contributed by atoms with Crippen molar-refractivity contribution in [2.75, 3.05) is 0 Å². The van der Waals surface area contributed by atoms with Gasteiger partial charge >= 0.3 is 5.97 Å². The number of benzene rings is 1. The van der Waals surface area contributed by atoms with Gasteiger partial charge in [-0.2, -0.15) is 0 Å². The zero-order valence-corrected chi connectivity index (χ0v) is 15.8. The smallest absolute Gasteiger partial charge is 0.335 e. The van der Waals surface area contributed by atoms with Crippen LogP contribution in [0.25, 0.3) is 6.08 Å². The quantitative estimate of drug-likeness (QED) is 0.632. The number of carboxylic acids is 1. The van der Waals surface area contributed by atoms with Gasteiger partial charge in [-0.25, -0.2) is 9.18 Å². The van der Waals surface area contributed by atoms with Crippen molar-refractivity contribution in [3.8, 4) is 0 Å². The maximum atomic E-state index is 14.1. The van der Waals surface area contributed by atoms with E-state index in [-0.39, 0.29) is 16.5 Å². The highest BCUT2D eigenvalue weighted by molar-refractivity contribution is 5.87. The third kappa shape index (κ3) is 6.27. The SMILES string of the molecule is CC1(C)C=CC(C(C=Cc2ccc(C(=O)O)cc2F)N=O)=CCCCCC1. The van der Waals surface area contributed by atoms with Crippen molar-refractivity contribution in [2.24, 2.45) is 10.6 Å².